The van der Waals surface area contributed by atoms with Crippen LogP contribution in [0.3, 0.4) is 0 Å². The Morgan fingerprint density at radius 2 is 1.95 bits per heavy atom. The molecule has 2 rings (SSSR count). The second-order valence-corrected chi connectivity index (χ2v) is 5.28. The molecule has 1 aliphatic heterocycles. The fraction of sp³-hybridized carbons (Fsp3) is 0.467. The number of carbonyl (C=O) groups excluding carboxylic acids is 1. The molecule has 21 heavy (non-hydrogen) atoms. The van der Waals surface area contributed by atoms with E-state index in [4.69, 9.17) is 4.74 Å². The number of amides is 2. The van der Waals surface area contributed by atoms with Gasteiger partial charge in [-0.15, -0.1) is 0 Å². The number of carboxylic acids is 1. The normalized spacial score (nSPS) is 21.2. The Balaban J connectivity index is 2.16. The number of anilines is 1. The van der Waals surface area contributed by atoms with Crippen molar-refractivity contribution in [2.75, 3.05) is 25.6 Å². The molecule has 2 atom stereocenters. The van der Waals surface area contributed by atoms with Crippen LogP contribution in [0.2, 0.25) is 0 Å². The molecule has 1 heterocycles. The molecule has 0 aromatic heterocycles. The van der Waals surface area contributed by atoms with Crippen LogP contribution in [0.5, 0.6) is 5.75 Å². The molecule has 0 radical (unpaired) electrons. The molecule has 0 bridgehead atoms. The molecule has 1 aromatic rings. The van der Waals surface area contributed by atoms with Crippen LogP contribution in [-0.2, 0) is 4.79 Å². The fourth-order valence-corrected chi connectivity index (χ4v) is 2.65. The summed E-state index contributed by atoms with van der Waals surface area (Å²) in [4.78, 5) is 26.8. The second-order valence-electron chi connectivity index (χ2n) is 5.28. The zero-order valence-corrected chi connectivity index (χ0v) is 12.4. The smallest absolute Gasteiger partial charge is 0.326 e. The largest absolute Gasteiger partial charge is 0.497 e. The van der Waals surface area contributed by atoms with Crippen LogP contribution in [0.25, 0.3) is 0 Å². The summed E-state index contributed by atoms with van der Waals surface area (Å²) in [5, 5.41) is 9.29. The number of ether oxygens (including phenoxy) is 1. The highest BCUT2D eigenvalue weighted by Gasteiger charge is 2.40. The van der Waals surface area contributed by atoms with Crippen molar-refractivity contribution in [1.29, 1.82) is 0 Å². The first-order valence-corrected chi connectivity index (χ1v) is 6.87. The van der Waals surface area contributed by atoms with E-state index < -0.39 is 12.0 Å². The monoisotopic (exact) mass is 292 g/mol. The fourth-order valence-electron chi connectivity index (χ4n) is 2.65. The van der Waals surface area contributed by atoms with Gasteiger partial charge in [0.05, 0.1) is 7.11 Å². The maximum Gasteiger partial charge on any atom is 0.326 e. The first kappa shape index (κ1) is 15.2. The van der Waals surface area contributed by atoms with Crippen molar-refractivity contribution < 1.29 is 19.4 Å². The second kappa shape index (κ2) is 6.03. The van der Waals surface area contributed by atoms with Crippen molar-refractivity contribution in [1.82, 2.24) is 4.90 Å². The predicted molar refractivity (Wildman–Crippen MR) is 78.7 cm³/mol. The molecular weight excluding hydrogens is 272 g/mol. The van der Waals surface area contributed by atoms with Gasteiger partial charge in [0.1, 0.15) is 11.8 Å². The SMILES string of the molecule is COc1ccc(N(C)C(=O)N2CCC(C)C2C(=O)O)cc1. The third-order valence-electron chi connectivity index (χ3n) is 3.95. The van der Waals surface area contributed by atoms with Crippen LogP contribution in [0.1, 0.15) is 13.3 Å². The number of aliphatic carboxylic acids is 1. The van der Waals surface area contributed by atoms with Crippen LogP contribution >= 0.6 is 0 Å². The van der Waals surface area contributed by atoms with E-state index in [2.05, 4.69) is 0 Å². The van der Waals surface area contributed by atoms with Crippen LogP contribution in [-0.4, -0.2) is 48.8 Å². The lowest BCUT2D eigenvalue weighted by Crippen LogP contribution is -2.48. The van der Waals surface area contributed by atoms with Gasteiger partial charge in [-0.05, 0) is 36.6 Å². The number of hydrogen-bond acceptors (Lipinski definition) is 3. The van der Waals surface area contributed by atoms with Gasteiger partial charge >= 0.3 is 12.0 Å². The molecule has 0 spiro atoms. The van der Waals surface area contributed by atoms with Gasteiger partial charge in [-0.1, -0.05) is 6.92 Å². The van der Waals surface area contributed by atoms with Crippen molar-refractivity contribution in [3.05, 3.63) is 24.3 Å². The Bertz CT molecular complexity index is 529. The highest BCUT2D eigenvalue weighted by atomic mass is 16.5. The molecule has 6 nitrogen and oxygen atoms in total. The zero-order valence-electron chi connectivity index (χ0n) is 12.4. The van der Waals surface area contributed by atoms with Gasteiger partial charge < -0.3 is 14.7 Å². The Labute approximate surface area is 123 Å². The number of carboxylic acid groups (broad SMARTS) is 1. The topological polar surface area (TPSA) is 70.1 Å². The van der Waals surface area contributed by atoms with E-state index in [9.17, 15) is 14.7 Å². The Kier molecular flexibility index (Phi) is 4.35. The van der Waals surface area contributed by atoms with Crippen LogP contribution in [0, 0.1) is 5.92 Å². The standard InChI is InChI=1S/C15H20N2O4/c1-10-8-9-17(13(10)14(18)19)15(20)16(2)11-4-6-12(21-3)7-5-11/h4-7,10,13H,8-9H2,1-3H3,(H,18,19). The van der Waals surface area contributed by atoms with Crippen molar-refractivity contribution in [3.63, 3.8) is 0 Å². The molecule has 1 fully saturated rings. The average Bonchev–Trinajstić information content (AvgIpc) is 2.87. The minimum Gasteiger partial charge on any atom is -0.497 e. The third-order valence-corrected chi connectivity index (χ3v) is 3.95. The van der Waals surface area contributed by atoms with E-state index in [-0.39, 0.29) is 11.9 Å². The van der Waals surface area contributed by atoms with Gasteiger partial charge in [-0.25, -0.2) is 9.59 Å². The quantitative estimate of drug-likeness (QED) is 0.925. The van der Waals surface area contributed by atoms with E-state index in [0.717, 1.165) is 0 Å². The zero-order chi connectivity index (χ0) is 15.6. The first-order valence-electron chi connectivity index (χ1n) is 6.87. The summed E-state index contributed by atoms with van der Waals surface area (Å²) >= 11 is 0. The molecule has 0 aliphatic carbocycles. The lowest BCUT2D eigenvalue weighted by molar-refractivity contribution is -0.142. The molecule has 1 saturated heterocycles. The van der Waals surface area contributed by atoms with E-state index in [1.165, 1.54) is 9.80 Å². The number of methoxy groups -OCH3 is 1. The lowest BCUT2D eigenvalue weighted by Gasteiger charge is -2.28. The van der Waals surface area contributed by atoms with E-state index in [1.54, 1.807) is 38.4 Å². The van der Waals surface area contributed by atoms with Gasteiger partial charge in [-0.2, -0.15) is 0 Å². The highest BCUT2D eigenvalue weighted by Crippen LogP contribution is 2.27. The van der Waals surface area contributed by atoms with Crippen LogP contribution in [0.4, 0.5) is 10.5 Å². The highest BCUT2D eigenvalue weighted by molar-refractivity contribution is 5.94. The number of carbonyl (C=O) groups is 2. The van der Waals surface area contributed by atoms with Gasteiger partial charge in [-0.3, -0.25) is 4.90 Å². The van der Waals surface area contributed by atoms with Gasteiger partial charge in [0.25, 0.3) is 0 Å². The minimum atomic E-state index is -0.948. The maximum atomic E-state index is 12.5. The molecular formula is C15H20N2O4. The molecule has 2 amide bonds. The third kappa shape index (κ3) is 2.94. The van der Waals surface area contributed by atoms with Crippen LogP contribution in [0.15, 0.2) is 24.3 Å². The van der Waals surface area contributed by atoms with Crippen molar-refractivity contribution >= 4 is 17.7 Å². The Hall–Kier alpha value is -2.24. The van der Waals surface area contributed by atoms with E-state index in [1.807, 2.05) is 6.92 Å². The molecule has 114 valence electrons. The Morgan fingerprint density at radius 1 is 1.33 bits per heavy atom. The summed E-state index contributed by atoms with van der Waals surface area (Å²) < 4.78 is 5.08. The van der Waals surface area contributed by atoms with Gasteiger partial charge in [0.2, 0.25) is 0 Å². The van der Waals surface area contributed by atoms with Gasteiger partial charge in [0, 0.05) is 19.3 Å². The molecule has 1 aliphatic rings. The van der Waals surface area contributed by atoms with E-state index >= 15 is 0 Å². The molecule has 6 heteroatoms. The summed E-state index contributed by atoms with van der Waals surface area (Å²) in [7, 11) is 3.22. The molecule has 0 saturated carbocycles. The van der Waals surface area contributed by atoms with E-state index in [0.29, 0.717) is 24.4 Å². The first-order chi connectivity index (χ1) is 9.95. The van der Waals surface area contributed by atoms with Crippen LogP contribution < -0.4 is 9.64 Å². The summed E-state index contributed by atoms with van der Waals surface area (Å²) in [6, 6.07) is 6.02. The van der Waals surface area contributed by atoms with Crippen molar-refractivity contribution in [3.8, 4) is 5.75 Å². The van der Waals surface area contributed by atoms with Crippen molar-refractivity contribution in [2.24, 2.45) is 5.92 Å². The van der Waals surface area contributed by atoms with Crippen molar-refractivity contribution in [2.45, 2.75) is 19.4 Å². The molecule has 1 aromatic carbocycles. The summed E-state index contributed by atoms with van der Waals surface area (Å²) in [5.41, 5.74) is 0.699. The molecule has 2 unspecified atom stereocenters. The molecule has 1 N–H and O–H groups in total. The number of rotatable bonds is 3. The average molecular weight is 292 g/mol. The summed E-state index contributed by atoms with van der Waals surface area (Å²) in [6.45, 7) is 2.33. The maximum absolute atomic E-state index is 12.5. The predicted octanol–water partition coefficient (Wildman–Crippen LogP) is 2.05. The summed E-state index contributed by atoms with van der Waals surface area (Å²) in [5.74, 6) is -0.273. The number of hydrogen-bond donors (Lipinski definition) is 1. The van der Waals surface area contributed by atoms with Gasteiger partial charge in [0.15, 0.2) is 0 Å². The minimum absolute atomic E-state index is 0.0317. The number of nitrogens with zero attached hydrogens (tertiary/aromatic N) is 2. The number of benzene rings is 1. The lowest BCUT2D eigenvalue weighted by atomic mass is 10.0. The summed E-state index contributed by atoms with van der Waals surface area (Å²) in [6.07, 6.45) is 0.707. The number of likely N-dealkylation sites (tertiary alicyclic amines) is 1. The Morgan fingerprint density at radius 3 is 2.48 bits per heavy atom. The number of urea groups is 1.